The van der Waals surface area contributed by atoms with Crippen LogP contribution in [0.25, 0.3) is 0 Å². The van der Waals surface area contributed by atoms with Crippen LogP contribution in [0.15, 0.2) is 24.3 Å². The van der Waals surface area contributed by atoms with Crippen molar-refractivity contribution in [3.05, 3.63) is 40.7 Å². The van der Waals surface area contributed by atoms with Crippen LogP contribution in [-0.2, 0) is 6.54 Å². The summed E-state index contributed by atoms with van der Waals surface area (Å²) in [7, 11) is 0. The number of hydrogen-bond acceptors (Lipinski definition) is 5. The van der Waals surface area contributed by atoms with Gasteiger partial charge in [0.15, 0.2) is 0 Å². The minimum absolute atomic E-state index is 0.117. The van der Waals surface area contributed by atoms with Crippen molar-refractivity contribution in [2.45, 2.75) is 33.2 Å². The molecule has 0 spiro atoms. The van der Waals surface area contributed by atoms with Gasteiger partial charge in [-0.25, -0.2) is 0 Å². The Morgan fingerprint density at radius 1 is 1.14 bits per heavy atom. The van der Waals surface area contributed by atoms with Crippen molar-refractivity contribution >= 4 is 17.5 Å². The van der Waals surface area contributed by atoms with Gasteiger partial charge >= 0.3 is 6.01 Å². The summed E-state index contributed by atoms with van der Waals surface area (Å²) in [6, 6.07) is 8.68. The van der Waals surface area contributed by atoms with Crippen molar-refractivity contribution in [3.8, 4) is 6.01 Å². The van der Waals surface area contributed by atoms with Crippen molar-refractivity contribution in [1.29, 1.82) is 0 Å². The number of nitrogens with one attached hydrogen (secondary N) is 1. The maximum Gasteiger partial charge on any atom is 0.322 e. The highest BCUT2D eigenvalue weighted by Crippen LogP contribution is 2.16. The highest BCUT2D eigenvalue weighted by Gasteiger charge is 2.05. The van der Waals surface area contributed by atoms with Crippen LogP contribution in [0.5, 0.6) is 6.01 Å². The highest BCUT2D eigenvalue weighted by molar-refractivity contribution is 6.28. The van der Waals surface area contributed by atoms with Crippen LogP contribution in [0.2, 0.25) is 5.28 Å². The maximum absolute atomic E-state index is 5.84. The number of ether oxygens (including phenoxy) is 1. The lowest BCUT2D eigenvalue weighted by Gasteiger charge is -2.09. The van der Waals surface area contributed by atoms with Gasteiger partial charge in [-0.3, -0.25) is 0 Å². The summed E-state index contributed by atoms with van der Waals surface area (Å²) in [5.74, 6) is 0.939. The molecule has 0 unspecified atom stereocenters. The Hall–Kier alpha value is -1.88. The first-order valence-electron chi connectivity index (χ1n) is 6.95. The van der Waals surface area contributed by atoms with E-state index in [0.717, 1.165) is 5.56 Å². The van der Waals surface area contributed by atoms with Crippen LogP contribution >= 0.6 is 11.6 Å². The molecule has 1 N–H and O–H groups in total. The molecule has 1 aromatic heterocycles. The molecule has 1 heterocycles. The van der Waals surface area contributed by atoms with Crippen LogP contribution in [-0.4, -0.2) is 21.6 Å². The third-order valence-corrected chi connectivity index (χ3v) is 3.13. The van der Waals surface area contributed by atoms with Crippen LogP contribution in [0.4, 0.5) is 5.95 Å². The van der Waals surface area contributed by atoms with E-state index in [1.54, 1.807) is 0 Å². The number of halogens is 1. The molecular weight excluding hydrogens is 288 g/mol. The molecule has 112 valence electrons. The zero-order valence-electron chi connectivity index (χ0n) is 12.4. The predicted octanol–water partition coefficient (Wildman–Crippen LogP) is 3.66. The molecule has 0 bridgehead atoms. The Kier molecular flexibility index (Phi) is 5.33. The second-order valence-electron chi connectivity index (χ2n) is 4.89. The summed E-state index contributed by atoms with van der Waals surface area (Å²) in [5, 5.41) is 3.24. The Labute approximate surface area is 129 Å². The predicted molar refractivity (Wildman–Crippen MR) is 83.9 cm³/mol. The molecule has 0 atom stereocenters. The largest absolute Gasteiger partial charge is 0.464 e. The van der Waals surface area contributed by atoms with Crippen LogP contribution < -0.4 is 10.1 Å². The summed E-state index contributed by atoms with van der Waals surface area (Å²) in [6.45, 7) is 7.31. The summed E-state index contributed by atoms with van der Waals surface area (Å²) < 4.78 is 5.23. The second-order valence-corrected chi connectivity index (χ2v) is 5.23. The molecule has 0 fully saturated rings. The van der Waals surface area contributed by atoms with Gasteiger partial charge in [-0.15, -0.1) is 0 Å². The number of aromatic nitrogens is 3. The summed E-state index contributed by atoms with van der Waals surface area (Å²) in [6.07, 6.45) is 0. The number of anilines is 1. The Bertz CT molecular complexity index is 587. The van der Waals surface area contributed by atoms with Crippen LogP contribution in [0.1, 0.15) is 37.8 Å². The van der Waals surface area contributed by atoms with Gasteiger partial charge in [0.1, 0.15) is 0 Å². The van der Waals surface area contributed by atoms with E-state index in [-0.39, 0.29) is 11.3 Å². The fourth-order valence-corrected chi connectivity index (χ4v) is 1.96. The Morgan fingerprint density at radius 3 is 2.48 bits per heavy atom. The van der Waals surface area contributed by atoms with Crippen molar-refractivity contribution in [2.24, 2.45) is 0 Å². The van der Waals surface area contributed by atoms with E-state index in [2.05, 4.69) is 58.4 Å². The molecule has 1 aromatic carbocycles. The van der Waals surface area contributed by atoms with Gasteiger partial charge in [0.05, 0.1) is 6.61 Å². The standard InChI is InChI=1S/C15H19ClN4O/c1-4-21-15-19-13(16)18-14(20-15)17-9-11-5-7-12(8-6-11)10(2)3/h5-8,10H,4,9H2,1-3H3,(H,17,18,19,20). The van der Waals surface area contributed by atoms with Gasteiger partial charge in [-0.05, 0) is 35.6 Å². The summed E-state index contributed by atoms with van der Waals surface area (Å²) in [4.78, 5) is 12.1. The van der Waals surface area contributed by atoms with E-state index in [1.807, 2.05) is 6.92 Å². The number of nitrogens with zero attached hydrogens (tertiary/aromatic N) is 3. The first kappa shape index (κ1) is 15.5. The summed E-state index contributed by atoms with van der Waals surface area (Å²) >= 11 is 5.84. The highest BCUT2D eigenvalue weighted by atomic mass is 35.5. The molecule has 2 aromatic rings. The average Bonchev–Trinajstić information content (AvgIpc) is 2.45. The number of hydrogen-bond donors (Lipinski definition) is 1. The SMILES string of the molecule is CCOc1nc(Cl)nc(NCc2ccc(C(C)C)cc2)n1. The fraction of sp³-hybridized carbons (Fsp3) is 0.400. The fourth-order valence-electron chi connectivity index (χ4n) is 1.81. The minimum atomic E-state index is 0.117. The molecule has 0 aliphatic heterocycles. The smallest absolute Gasteiger partial charge is 0.322 e. The molecular formula is C15H19ClN4O. The third-order valence-electron chi connectivity index (χ3n) is 2.96. The maximum atomic E-state index is 5.84. The van der Waals surface area contributed by atoms with Gasteiger partial charge in [0.25, 0.3) is 0 Å². The van der Waals surface area contributed by atoms with Crippen LogP contribution in [0.3, 0.4) is 0 Å². The van der Waals surface area contributed by atoms with Gasteiger partial charge < -0.3 is 10.1 Å². The number of rotatable bonds is 6. The lowest BCUT2D eigenvalue weighted by molar-refractivity contribution is 0.312. The Balaban J connectivity index is 2.02. The molecule has 6 heteroatoms. The van der Waals surface area contributed by atoms with E-state index >= 15 is 0 Å². The molecule has 0 amide bonds. The van der Waals surface area contributed by atoms with Gasteiger partial charge in [0, 0.05) is 6.54 Å². The molecule has 2 rings (SSSR count). The van der Waals surface area contributed by atoms with E-state index < -0.39 is 0 Å². The van der Waals surface area contributed by atoms with Crippen molar-refractivity contribution in [3.63, 3.8) is 0 Å². The van der Waals surface area contributed by atoms with Crippen molar-refractivity contribution < 1.29 is 4.74 Å². The summed E-state index contributed by atoms with van der Waals surface area (Å²) in [5.41, 5.74) is 2.47. The molecule has 0 aliphatic rings. The minimum Gasteiger partial charge on any atom is -0.464 e. The van der Waals surface area contributed by atoms with Crippen molar-refractivity contribution in [1.82, 2.24) is 15.0 Å². The molecule has 0 aliphatic carbocycles. The van der Waals surface area contributed by atoms with E-state index in [0.29, 0.717) is 25.0 Å². The monoisotopic (exact) mass is 306 g/mol. The molecule has 5 nitrogen and oxygen atoms in total. The van der Waals surface area contributed by atoms with Crippen LogP contribution in [0, 0.1) is 0 Å². The topological polar surface area (TPSA) is 59.9 Å². The first-order chi connectivity index (χ1) is 10.1. The van der Waals surface area contributed by atoms with E-state index in [9.17, 15) is 0 Å². The Morgan fingerprint density at radius 2 is 1.86 bits per heavy atom. The van der Waals surface area contributed by atoms with E-state index in [4.69, 9.17) is 16.3 Å². The molecule has 0 radical (unpaired) electrons. The second kappa shape index (κ2) is 7.22. The van der Waals surface area contributed by atoms with Crippen molar-refractivity contribution in [2.75, 3.05) is 11.9 Å². The normalized spacial score (nSPS) is 10.7. The number of benzene rings is 1. The van der Waals surface area contributed by atoms with Gasteiger partial charge in [-0.2, -0.15) is 15.0 Å². The first-order valence-corrected chi connectivity index (χ1v) is 7.33. The molecule has 0 saturated heterocycles. The zero-order chi connectivity index (χ0) is 15.2. The average molecular weight is 307 g/mol. The zero-order valence-corrected chi connectivity index (χ0v) is 13.2. The quantitative estimate of drug-likeness (QED) is 0.882. The lowest BCUT2D eigenvalue weighted by atomic mass is 10.0. The third kappa shape index (κ3) is 4.56. The van der Waals surface area contributed by atoms with E-state index in [1.165, 1.54) is 5.56 Å². The van der Waals surface area contributed by atoms with Gasteiger partial charge in [0.2, 0.25) is 11.2 Å². The molecule has 21 heavy (non-hydrogen) atoms. The lowest BCUT2D eigenvalue weighted by Crippen LogP contribution is -2.07. The van der Waals surface area contributed by atoms with Gasteiger partial charge in [-0.1, -0.05) is 38.1 Å². The molecule has 0 saturated carbocycles.